The number of carbonyl (C=O) groups is 1. The Morgan fingerprint density at radius 3 is 2.50 bits per heavy atom. The van der Waals surface area contributed by atoms with E-state index in [2.05, 4.69) is 32.9 Å². The topological polar surface area (TPSA) is 26.3 Å². The van der Waals surface area contributed by atoms with Crippen molar-refractivity contribution in [3.05, 3.63) is 53.1 Å². The highest BCUT2D eigenvalue weighted by Gasteiger charge is 2.08. The first-order valence-electron chi connectivity index (χ1n) is 6.91. The van der Waals surface area contributed by atoms with Gasteiger partial charge >= 0.3 is 5.97 Å². The van der Waals surface area contributed by atoms with Crippen LogP contribution in [0.3, 0.4) is 0 Å². The molecule has 0 amide bonds. The summed E-state index contributed by atoms with van der Waals surface area (Å²) in [5, 5.41) is 0. The number of hydrogen-bond donors (Lipinski definition) is 0. The summed E-state index contributed by atoms with van der Waals surface area (Å²) in [6.45, 7) is 8.17. The Hall–Kier alpha value is -2.09. The molecule has 0 unspecified atom stereocenters. The summed E-state index contributed by atoms with van der Waals surface area (Å²) in [4.78, 5) is 11.4. The minimum atomic E-state index is -0.209. The number of benzene rings is 2. The van der Waals surface area contributed by atoms with Crippen LogP contribution in [-0.4, -0.2) is 5.97 Å². The highest BCUT2D eigenvalue weighted by atomic mass is 16.5. The smallest absolute Gasteiger partial charge is 0.310 e. The van der Waals surface area contributed by atoms with Crippen molar-refractivity contribution in [3.8, 4) is 16.9 Å². The Labute approximate surface area is 120 Å². The maximum absolute atomic E-state index is 11.4. The van der Waals surface area contributed by atoms with Crippen molar-refractivity contribution in [2.45, 2.75) is 34.1 Å². The molecule has 0 fully saturated rings. The molecule has 104 valence electrons. The van der Waals surface area contributed by atoms with Gasteiger partial charge in [0.2, 0.25) is 0 Å². The van der Waals surface area contributed by atoms with Crippen LogP contribution < -0.4 is 4.74 Å². The molecular formula is C18H20O2. The normalized spacial score (nSPS) is 10.4. The Balaban J connectivity index is 2.41. The summed E-state index contributed by atoms with van der Waals surface area (Å²) < 4.78 is 5.28. The van der Waals surface area contributed by atoms with Gasteiger partial charge in [-0.3, -0.25) is 4.79 Å². The van der Waals surface area contributed by atoms with E-state index in [1.165, 1.54) is 22.3 Å². The Morgan fingerprint density at radius 1 is 1.05 bits per heavy atom. The van der Waals surface area contributed by atoms with Crippen LogP contribution in [0.25, 0.3) is 11.1 Å². The number of ether oxygens (including phenoxy) is 1. The third kappa shape index (κ3) is 2.90. The van der Waals surface area contributed by atoms with Gasteiger partial charge in [-0.25, -0.2) is 0 Å². The number of aryl methyl sites for hydroxylation is 1. The van der Waals surface area contributed by atoms with Crippen molar-refractivity contribution >= 4 is 5.97 Å². The quantitative estimate of drug-likeness (QED) is 0.601. The van der Waals surface area contributed by atoms with E-state index >= 15 is 0 Å². The fourth-order valence-electron chi connectivity index (χ4n) is 2.20. The molecule has 0 aliphatic heterocycles. The van der Waals surface area contributed by atoms with Gasteiger partial charge in [-0.2, -0.15) is 0 Å². The molecule has 0 bridgehead atoms. The molecule has 0 N–H and O–H groups in total. The molecule has 2 heteroatoms. The van der Waals surface area contributed by atoms with Gasteiger partial charge in [0.05, 0.1) is 0 Å². The summed E-state index contributed by atoms with van der Waals surface area (Å²) in [5.41, 5.74) is 6.12. The first kappa shape index (κ1) is 14.3. The predicted molar refractivity (Wildman–Crippen MR) is 82.0 cm³/mol. The third-order valence-electron chi connectivity index (χ3n) is 3.72. The largest absolute Gasteiger partial charge is 0.427 e. The van der Waals surface area contributed by atoms with Gasteiger partial charge in [-0.1, -0.05) is 31.2 Å². The van der Waals surface area contributed by atoms with Gasteiger partial charge in [0.1, 0.15) is 5.75 Å². The molecule has 0 saturated heterocycles. The number of rotatable bonds is 3. The van der Waals surface area contributed by atoms with Crippen LogP contribution in [-0.2, 0) is 4.79 Å². The number of hydrogen-bond acceptors (Lipinski definition) is 2. The van der Waals surface area contributed by atoms with E-state index in [0.717, 1.165) is 5.56 Å². The molecule has 0 atom stereocenters. The van der Waals surface area contributed by atoms with Gasteiger partial charge in [-0.05, 0) is 60.7 Å². The number of carbonyl (C=O) groups excluding carboxylic acids is 1. The molecule has 0 radical (unpaired) electrons. The van der Waals surface area contributed by atoms with Crippen molar-refractivity contribution in [2.24, 2.45) is 0 Å². The molecular weight excluding hydrogens is 248 g/mol. The maximum Gasteiger partial charge on any atom is 0.310 e. The van der Waals surface area contributed by atoms with Gasteiger partial charge in [0.15, 0.2) is 0 Å². The van der Waals surface area contributed by atoms with E-state index in [4.69, 9.17) is 4.74 Å². The van der Waals surface area contributed by atoms with Gasteiger partial charge in [0.25, 0.3) is 0 Å². The van der Waals surface area contributed by atoms with E-state index in [1.54, 1.807) is 6.92 Å². The van der Waals surface area contributed by atoms with Crippen molar-refractivity contribution in [1.82, 2.24) is 0 Å². The molecule has 0 spiro atoms. The average molecular weight is 268 g/mol. The summed E-state index contributed by atoms with van der Waals surface area (Å²) in [6, 6.07) is 11.9. The zero-order valence-corrected chi connectivity index (χ0v) is 12.5. The molecule has 0 aliphatic rings. The standard InChI is InChI=1S/C18H20O2/c1-5-18(19)20-16-8-6-7-15(11-16)17-10-9-12(2)13(3)14(17)4/h6-11H,5H2,1-4H3. The van der Waals surface area contributed by atoms with Crippen LogP contribution in [0.1, 0.15) is 30.0 Å². The Bertz CT molecular complexity index is 642. The highest BCUT2D eigenvalue weighted by Crippen LogP contribution is 2.29. The molecule has 2 rings (SSSR count). The van der Waals surface area contributed by atoms with E-state index in [0.29, 0.717) is 12.2 Å². The fraction of sp³-hybridized carbons (Fsp3) is 0.278. The molecule has 0 heterocycles. The van der Waals surface area contributed by atoms with E-state index < -0.39 is 0 Å². The summed E-state index contributed by atoms with van der Waals surface area (Å²) in [5.74, 6) is 0.394. The van der Waals surface area contributed by atoms with Crippen LogP contribution in [0.4, 0.5) is 0 Å². The lowest BCUT2D eigenvalue weighted by Crippen LogP contribution is -2.05. The first-order chi connectivity index (χ1) is 9.52. The SMILES string of the molecule is CCC(=O)Oc1cccc(-c2ccc(C)c(C)c2C)c1. The van der Waals surface area contributed by atoms with E-state index in [9.17, 15) is 4.79 Å². The van der Waals surface area contributed by atoms with Crippen LogP contribution in [0.15, 0.2) is 36.4 Å². The second-order valence-electron chi connectivity index (χ2n) is 5.04. The van der Waals surface area contributed by atoms with Crippen LogP contribution in [0.5, 0.6) is 5.75 Å². The number of esters is 1. The van der Waals surface area contributed by atoms with E-state index in [-0.39, 0.29) is 5.97 Å². The minimum Gasteiger partial charge on any atom is -0.427 e. The molecule has 20 heavy (non-hydrogen) atoms. The lowest BCUT2D eigenvalue weighted by atomic mass is 9.94. The lowest BCUT2D eigenvalue weighted by Gasteiger charge is -2.12. The monoisotopic (exact) mass is 268 g/mol. The average Bonchev–Trinajstić information content (AvgIpc) is 2.45. The van der Waals surface area contributed by atoms with E-state index in [1.807, 2.05) is 24.3 Å². The van der Waals surface area contributed by atoms with Crippen LogP contribution in [0, 0.1) is 20.8 Å². The van der Waals surface area contributed by atoms with Crippen molar-refractivity contribution in [2.75, 3.05) is 0 Å². The van der Waals surface area contributed by atoms with Gasteiger partial charge < -0.3 is 4.74 Å². The highest BCUT2D eigenvalue weighted by molar-refractivity contribution is 5.74. The fourth-order valence-corrected chi connectivity index (χ4v) is 2.20. The molecule has 2 aromatic carbocycles. The molecule has 2 aromatic rings. The van der Waals surface area contributed by atoms with Crippen LogP contribution in [0.2, 0.25) is 0 Å². The second kappa shape index (κ2) is 5.91. The van der Waals surface area contributed by atoms with Gasteiger partial charge in [0, 0.05) is 6.42 Å². The molecule has 0 saturated carbocycles. The Morgan fingerprint density at radius 2 is 1.80 bits per heavy atom. The summed E-state index contributed by atoms with van der Waals surface area (Å²) in [6.07, 6.45) is 0.382. The third-order valence-corrected chi connectivity index (χ3v) is 3.72. The lowest BCUT2D eigenvalue weighted by molar-refractivity contribution is -0.134. The van der Waals surface area contributed by atoms with Crippen molar-refractivity contribution in [1.29, 1.82) is 0 Å². The molecule has 0 aliphatic carbocycles. The minimum absolute atomic E-state index is 0.209. The predicted octanol–water partition coefficient (Wildman–Crippen LogP) is 4.59. The summed E-state index contributed by atoms with van der Waals surface area (Å²) in [7, 11) is 0. The van der Waals surface area contributed by atoms with Crippen molar-refractivity contribution < 1.29 is 9.53 Å². The first-order valence-corrected chi connectivity index (χ1v) is 6.91. The molecule has 2 nitrogen and oxygen atoms in total. The zero-order chi connectivity index (χ0) is 14.7. The van der Waals surface area contributed by atoms with Crippen LogP contribution >= 0.6 is 0 Å². The Kier molecular flexibility index (Phi) is 4.23. The maximum atomic E-state index is 11.4. The van der Waals surface area contributed by atoms with Gasteiger partial charge in [-0.15, -0.1) is 0 Å². The second-order valence-corrected chi connectivity index (χ2v) is 5.04. The molecule has 0 aromatic heterocycles. The zero-order valence-electron chi connectivity index (χ0n) is 12.5. The summed E-state index contributed by atoms with van der Waals surface area (Å²) >= 11 is 0. The van der Waals surface area contributed by atoms with Crippen molar-refractivity contribution in [3.63, 3.8) is 0 Å².